The molecule has 2 rings (SSSR count). The zero-order chi connectivity index (χ0) is 27.6. The topological polar surface area (TPSA) is 30.0 Å². The summed E-state index contributed by atoms with van der Waals surface area (Å²) in [7, 11) is 0. The number of pyridine rings is 1. The lowest BCUT2D eigenvalue weighted by atomic mass is 9.89. The molecule has 0 saturated carbocycles. The van der Waals surface area contributed by atoms with E-state index in [1.165, 1.54) is 17.2 Å². The summed E-state index contributed by atoms with van der Waals surface area (Å²) in [5, 5.41) is 0.130. The molecular weight excluding hydrogens is 457 g/mol. The first kappa shape index (κ1) is 37.3. The van der Waals surface area contributed by atoms with Crippen LogP contribution in [0.4, 0.5) is 4.39 Å². The van der Waals surface area contributed by atoms with Crippen molar-refractivity contribution in [2.45, 2.75) is 101 Å². The van der Waals surface area contributed by atoms with E-state index < -0.39 is 5.82 Å². The summed E-state index contributed by atoms with van der Waals surface area (Å²) in [6, 6.07) is 8.77. The fraction of sp³-hybridized carbons (Fsp3) is 0.484. The first-order valence-electron chi connectivity index (χ1n) is 12.9. The largest absolute Gasteiger partial charge is 0.300 e. The van der Waals surface area contributed by atoms with Crippen LogP contribution in [0.2, 0.25) is 5.02 Å². The maximum atomic E-state index is 13.4. The average molecular weight is 506 g/mol. The van der Waals surface area contributed by atoms with E-state index in [1.54, 1.807) is 18.5 Å². The summed E-state index contributed by atoms with van der Waals surface area (Å²) >= 11 is 5.65. The van der Waals surface area contributed by atoms with Crippen molar-refractivity contribution in [3.8, 4) is 0 Å². The molecule has 0 amide bonds. The highest BCUT2D eigenvalue weighted by molar-refractivity contribution is 6.30. The van der Waals surface area contributed by atoms with Gasteiger partial charge >= 0.3 is 0 Å². The number of hydrogen-bond acceptors (Lipinski definition) is 2. The highest BCUT2D eigenvalue weighted by Crippen LogP contribution is 2.28. The number of rotatable bonds is 7. The van der Waals surface area contributed by atoms with Crippen LogP contribution in [0.15, 0.2) is 66.5 Å². The number of ketones is 1. The number of aryl methyl sites for hydroxylation is 1. The van der Waals surface area contributed by atoms with Crippen LogP contribution in [-0.4, -0.2) is 10.8 Å². The standard InChI is InChI=1S/C14H18ClFO.C7H12.C6H7N.2C2H6/c1-3-5-10(8-12(17)4-2)11-6-7-13(15)14(16)9-11;1-4-6-7(3)5-2;1-6-2-4-7-5-3-6;2*1-2/h6-7,9-10H,3-5,8H2,1-2H3;4-6H,1-3H3;2-5H,1H3;2*1-2H3/b;6-4-,7-5-;;;. The molecule has 0 aliphatic heterocycles. The number of carbonyl (C=O) groups excluding carboxylic acids is 1. The minimum absolute atomic E-state index is 0.110. The van der Waals surface area contributed by atoms with Gasteiger partial charge in [-0.15, -0.1) is 0 Å². The number of nitrogens with zero attached hydrogens (tertiary/aromatic N) is 1. The number of Topliss-reactive ketones (excluding diaryl/α,β-unsaturated/α-hetero) is 1. The molecule has 1 aromatic heterocycles. The summed E-state index contributed by atoms with van der Waals surface area (Å²) in [5.41, 5.74) is 3.45. The molecule has 0 bridgehead atoms. The normalized spacial score (nSPS) is 10.8. The molecule has 35 heavy (non-hydrogen) atoms. The van der Waals surface area contributed by atoms with Gasteiger partial charge in [-0.3, -0.25) is 9.78 Å². The van der Waals surface area contributed by atoms with E-state index in [-0.39, 0.29) is 16.7 Å². The maximum absolute atomic E-state index is 13.4. The van der Waals surface area contributed by atoms with Crippen molar-refractivity contribution in [2.24, 2.45) is 0 Å². The molecule has 1 aromatic carbocycles. The van der Waals surface area contributed by atoms with Crippen LogP contribution < -0.4 is 0 Å². The summed E-state index contributed by atoms with van der Waals surface area (Å²) in [6.45, 7) is 20.1. The van der Waals surface area contributed by atoms with Crippen molar-refractivity contribution < 1.29 is 9.18 Å². The number of halogens is 2. The van der Waals surface area contributed by atoms with Crippen LogP contribution in [0.25, 0.3) is 0 Å². The maximum Gasteiger partial charge on any atom is 0.142 e. The molecule has 0 radical (unpaired) electrons. The van der Waals surface area contributed by atoms with E-state index in [1.807, 2.05) is 79.7 Å². The minimum atomic E-state index is -0.408. The zero-order valence-corrected chi connectivity index (χ0v) is 24.5. The third-order valence-electron chi connectivity index (χ3n) is 4.65. The summed E-state index contributed by atoms with van der Waals surface area (Å²) in [5.74, 6) is -0.0766. The van der Waals surface area contributed by atoms with E-state index >= 15 is 0 Å². The first-order valence-corrected chi connectivity index (χ1v) is 13.3. The van der Waals surface area contributed by atoms with Crippen LogP contribution in [0.3, 0.4) is 0 Å². The molecule has 0 aliphatic rings. The lowest BCUT2D eigenvalue weighted by Gasteiger charge is -2.16. The van der Waals surface area contributed by atoms with Crippen molar-refractivity contribution in [1.82, 2.24) is 4.98 Å². The minimum Gasteiger partial charge on any atom is -0.300 e. The van der Waals surface area contributed by atoms with Gasteiger partial charge in [-0.2, -0.15) is 0 Å². The van der Waals surface area contributed by atoms with Gasteiger partial charge in [0.05, 0.1) is 5.02 Å². The first-order chi connectivity index (χ1) is 16.8. The Hall–Kier alpha value is -2.26. The number of benzene rings is 1. The highest BCUT2D eigenvalue weighted by Gasteiger charge is 2.15. The Morgan fingerprint density at radius 2 is 1.63 bits per heavy atom. The van der Waals surface area contributed by atoms with Gasteiger partial charge in [0.15, 0.2) is 0 Å². The molecule has 1 heterocycles. The Kier molecular flexibility index (Phi) is 28.1. The third kappa shape index (κ3) is 20.8. The predicted molar refractivity (Wildman–Crippen MR) is 155 cm³/mol. The highest BCUT2D eigenvalue weighted by atomic mass is 35.5. The second kappa shape index (κ2) is 26.3. The number of carbonyl (C=O) groups is 1. The van der Waals surface area contributed by atoms with Gasteiger partial charge in [-0.05, 0) is 75.4 Å². The predicted octanol–water partition coefficient (Wildman–Crippen LogP) is 10.7. The van der Waals surface area contributed by atoms with Crippen molar-refractivity contribution in [1.29, 1.82) is 0 Å². The van der Waals surface area contributed by atoms with Crippen LogP contribution in [0.5, 0.6) is 0 Å². The molecule has 1 unspecified atom stereocenters. The van der Waals surface area contributed by atoms with E-state index in [0.717, 1.165) is 18.4 Å². The molecule has 0 fully saturated rings. The van der Waals surface area contributed by atoms with Crippen molar-refractivity contribution in [3.05, 3.63) is 88.5 Å². The average Bonchev–Trinajstić information content (AvgIpc) is 2.89. The molecule has 198 valence electrons. The van der Waals surface area contributed by atoms with E-state index in [2.05, 4.69) is 31.0 Å². The van der Waals surface area contributed by atoms with Crippen molar-refractivity contribution in [2.75, 3.05) is 0 Å². The summed E-state index contributed by atoms with van der Waals surface area (Å²) in [4.78, 5) is 15.3. The van der Waals surface area contributed by atoms with Gasteiger partial charge in [0.1, 0.15) is 11.6 Å². The number of allylic oxidation sites excluding steroid dienone is 4. The summed E-state index contributed by atoms with van der Waals surface area (Å²) in [6.07, 6.45) is 12.7. The van der Waals surface area contributed by atoms with Crippen LogP contribution >= 0.6 is 11.6 Å². The van der Waals surface area contributed by atoms with Crippen LogP contribution in [-0.2, 0) is 4.79 Å². The Morgan fingerprint density at radius 1 is 1.06 bits per heavy atom. The number of hydrogen-bond donors (Lipinski definition) is 0. The van der Waals surface area contributed by atoms with Crippen LogP contribution in [0, 0.1) is 12.7 Å². The molecule has 0 N–H and O–H groups in total. The van der Waals surface area contributed by atoms with Gasteiger partial charge in [-0.1, -0.05) is 89.4 Å². The molecule has 4 heteroatoms. The quantitative estimate of drug-likeness (QED) is 0.350. The molecule has 0 aliphatic carbocycles. The molecule has 1 atom stereocenters. The Labute approximate surface area is 220 Å². The Bertz CT molecular complexity index is 816. The SMILES string of the molecule is C/C=C\C(C)=C/C.CC.CC.CCCC(CC(=O)CC)c1ccc(Cl)c(F)c1.Cc1ccncc1. The second-order valence-electron chi connectivity index (χ2n) is 7.31. The van der Waals surface area contributed by atoms with Crippen molar-refractivity contribution in [3.63, 3.8) is 0 Å². The van der Waals surface area contributed by atoms with E-state index in [0.29, 0.717) is 12.8 Å². The van der Waals surface area contributed by atoms with Crippen molar-refractivity contribution >= 4 is 17.4 Å². The monoisotopic (exact) mass is 505 g/mol. The van der Waals surface area contributed by atoms with E-state index in [9.17, 15) is 9.18 Å². The van der Waals surface area contributed by atoms with E-state index in [4.69, 9.17) is 11.6 Å². The lowest BCUT2D eigenvalue weighted by Crippen LogP contribution is -2.06. The molecule has 0 spiro atoms. The third-order valence-corrected chi connectivity index (χ3v) is 4.96. The summed E-state index contributed by atoms with van der Waals surface area (Å²) < 4.78 is 13.4. The Balaban J connectivity index is -0.000000470. The van der Waals surface area contributed by atoms with Gasteiger partial charge in [0.2, 0.25) is 0 Å². The van der Waals surface area contributed by atoms with Gasteiger partial charge < -0.3 is 0 Å². The van der Waals surface area contributed by atoms with Crippen LogP contribution in [0.1, 0.15) is 105 Å². The van der Waals surface area contributed by atoms with Gasteiger partial charge in [-0.25, -0.2) is 4.39 Å². The van der Waals surface area contributed by atoms with Gasteiger partial charge in [0, 0.05) is 25.2 Å². The fourth-order valence-electron chi connectivity index (χ4n) is 2.71. The smallest absolute Gasteiger partial charge is 0.142 e. The second-order valence-corrected chi connectivity index (χ2v) is 7.72. The Morgan fingerprint density at radius 3 is 1.97 bits per heavy atom. The molecule has 0 saturated heterocycles. The fourth-order valence-corrected chi connectivity index (χ4v) is 2.82. The molecular formula is C31H49ClFNO. The number of aromatic nitrogens is 1. The molecule has 2 aromatic rings. The molecule has 2 nitrogen and oxygen atoms in total. The zero-order valence-electron chi connectivity index (χ0n) is 23.8. The van der Waals surface area contributed by atoms with Gasteiger partial charge in [0.25, 0.3) is 0 Å². The lowest BCUT2D eigenvalue weighted by molar-refractivity contribution is -0.119.